The second kappa shape index (κ2) is 6.21. The third-order valence-corrected chi connectivity index (χ3v) is 5.50. The summed E-state index contributed by atoms with van der Waals surface area (Å²) in [6.07, 6.45) is 3.40. The molecule has 1 amide bonds. The second-order valence-corrected chi connectivity index (χ2v) is 7.47. The van der Waals surface area contributed by atoms with Gasteiger partial charge in [0.25, 0.3) is 0 Å². The Balaban J connectivity index is 1.41. The molecule has 0 unspecified atom stereocenters. The maximum absolute atomic E-state index is 12.1. The van der Waals surface area contributed by atoms with Crippen LogP contribution in [0.3, 0.4) is 0 Å². The molecule has 24 heavy (non-hydrogen) atoms. The molecular weight excluding hydrogens is 342 g/mol. The zero-order chi connectivity index (χ0) is 16.5. The summed E-state index contributed by atoms with van der Waals surface area (Å²) in [4.78, 5) is 20.9. The van der Waals surface area contributed by atoms with E-state index in [9.17, 15) is 4.79 Å². The summed E-state index contributed by atoms with van der Waals surface area (Å²) in [6, 6.07) is 9.84. The van der Waals surface area contributed by atoms with Crippen LogP contribution in [0.25, 0.3) is 15.9 Å². The molecule has 0 spiro atoms. The first-order valence-corrected chi connectivity index (χ1v) is 9.08. The molecule has 4 aromatic rings. The van der Waals surface area contributed by atoms with Gasteiger partial charge < -0.3 is 5.32 Å². The van der Waals surface area contributed by atoms with Gasteiger partial charge in [-0.15, -0.1) is 11.3 Å². The Bertz CT molecular complexity index is 1010. The number of aromatic nitrogens is 4. The number of carbonyl (C=O) groups is 1. The van der Waals surface area contributed by atoms with Crippen LogP contribution >= 0.6 is 23.1 Å². The van der Waals surface area contributed by atoms with E-state index in [1.807, 2.05) is 37.3 Å². The standard InChI is InChI=1S/C16H13N5OS2/c1-10-6-14-17-7-11(8-21(14)20-10)18-15(22)9-23-16-19-12-4-2-3-5-13(12)24-16/h2-8H,9H2,1H3,(H,18,22). The summed E-state index contributed by atoms with van der Waals surface area (Å²) >= 11 is 3.03. The highest BCUT2D eigenvalue weighted by Crippen LogP contribution is 2.29. The second-order valence-electron chi connectivity index (χ2n) is 5.22. The number of hydrogen-bond acceptors (Lipinski definition) is 6. The molecule has 3 heterocycles. The van der Waals surface area contributed by atoms with Crippen LogP contribution in [0.5, 0.6) is 0 Å². The Hall–Kier alpha value is -2.45. The van der Waals surface area contributed by atoms with Crippen LogP contribution in [0.2, 0.25) is 0 Å². The van der Waals surface area contributed by atoms with Crippen LogP contribution in [0.4, 0.5) is 5.69 Å². The van der Waals surface area contributed by atoms with E-state index in [0.717, 1.165) is 25.9 Å². The lowest BCUT2D eigenvalue weighted by atomic mass is 10.3. The molecule has 0 aliphatic rings. The average Bonchev–Trinajstić information content (AvgIpc) is 3.14. The Morgan fingerprint density at radius 3 is 3.12 bits per heavy atom. The first kappa shape index (κ1) is 15.1. The number of amides is 1. The average molecular weight is 355 g/mol. The van der Waals surface area contributed by atoms with E-state index in [2.05, 4.69) is 20.4 Å². The van der Waals surface area contributed by atoms with Gasteiger partial charge in [-0.25, -0.2) is 14.5 Å². The van der Waals surface area contributed by atoms with Crippen molar-refractivity contribution in [2.75, 3.05) is 11.1 Å². The van der Waals surface area contributed by atoms with Gasteiger partial charge in [0.1, 0.15) is 0 Å². The number of carbonyl (C=O) groups excluding carboxylic acids is 1. The molecule has 0 saturated heterocycles. The van der Waals surface area contributed by atoms with E-state index < -0.39 is 0 Å². The maximum atomic E-state index is 12.1. The zero-order valence-corrected chi connectivity index (χ0v) is 14.4. The fourth-order valence-corrected chi connectivity index (χ4v) is 4.17. The molecule has 120 valence electrons. The van der Waals surface area contributed by atoms with E-state index in [-0.39, 0.29) is 5.91 Å². The van der Waals surface area contributed by atoms with Crippen LogP contribution in [-0.4, -0.2) is 31.2 Å². The summed E-state index contributed by atoms with van der Waals surface area (Å²) in [6.45, 7) is 1.90. The molecule has 6 nitrogen and oxygen atoms in total. The van der Waals surface area contributed by atoms with E-state index in [1.165, 1.54) is 11.8 Å². The van der Waals surface area contributed by atoms with Crippen molar-refractivity contribution in [2.24, 2.45) is 0 Å². The topological polar surface area (TPSA) is 72.2 Å². The molecular formula is C16H13N5OS2. The normalized spacial score (nSPS) is 11.2. The van der Waals surface area contributed by atoms with Gasteiger partial charge in [-0.05, 0) is 19.1 Å². The van der Waals surface area contributed by atoms with Gasteiger partial charge in [-0.2, -0.15) is 5.10 Å². The van der Waals surface area contributed by atoms with Crippen molar-refractivity contribution in [1.82, 2.24) is 19.6 Å². The summed E-state index contributed by atoms with van der Waals surface area (Å²) in [5.41, 5.74) is 3.24. The quantitative estimate of drug-likeness (QED) is 0.568. The lowest BCUT2D eigenvalue weighted by Crippen LogP contribution is -2.14. The van der Waals surface area contributed by atoms with E-state index >= 15 is 0 Å². The van der Waals surface area contributed by atoms with Gasteiger partial charge in [-0.3, -0.25) is 4.79 Å². The number of fused-ring (bicyclic) bond motifs is 2. The summed E-state index contributed by atoms with van der Waals surface area (Å²) in [5.74, 6) is 0.208. The molecule has 0 fully saturated rings. The van der Waals surface area contributed by atoms with Gasteiger partial charge in [-0.1, -0.05) is 23.9 Å². The molecule has 0 radical (unpaired) electrons. The van der Waals surface area contributed by atoms with Gasteiger partial charge in [0, 0.05) is 6.07 Å². The minimum Gasteiger partial charge on any atom is -0.323 e. The highest BCUT2D eigenvalue weighted by atomic mass is 32.2. The van der Waals surface area contributed by atoms with Crippen LogP contribution in [0.15, 0.2) is 47.1 Å². The van der Waals surface area contributed by atoms with Crippen molar-refractivity contribution in [3.63, 3.8) is 0 Å². The van der Waals surface area contributed by atoms with Crippen molar-refractivity contribution in [3.05, 3.63) is 48.4 Å². The lowest BCUT2D eigenvalue weighted by Gasteiger charge is -2.04. The van der Waals surface area contributed by atoms with Gasteiger partial charge in [0.15, 0.2) is 9.99 Å². The summed E-state index contributed by atoms with van der Waals surface area (Å²) < 4.78 is 3.68. The van der Waals surface area contributed by atoms with E-state index in [0.29, 0.717) is 11.4 Å². The number of anilines is 1. The fourth-order valence-electron chi connectivity index (χ4n) is 2.30. The van der Waals surface area contributed by atoms with Crippen LogP contribution in [0, 0.1) is 6.92 Å². The fraction of sp³-hybridized carbons (Fsp3) is 0.125. The van der Waals surface area contributed by atoms with E-state index in [1.54, 1.807) is 28.2 Å². The molecule has 0 atom stereocenters. The predicted molar refractivity (Wildman–Crippen MR) is 96.7 cm³/mol. The Kier molecular flexibility index (Phi) is 3.91. The van der Waals surface area contributed by atoms with Gasteiger partial charge >= 0.3 is 0 Å². The first-order valence-electron chi connectivity index (χ1n) is 7.28. The summed E-state index contributed by atoms with van der Waals surface area (Å²) in [5, 5.41) is 7.13. The molecule has 1 aromatic carbocycles. The molecule has 4 rings (SSSR count). The van der Waals surface area contributed by atoms with Crippen molar-refractivity contribution < 1.29 is 4.79 Å². The highest BCUT2D eigenvalue weighted by molar-refractivity contribution is 8.01. The molecule has 8 heteroatoms. The summed E-state index contributed by atoms with van der Waals surface area (Å²) in [7, 11) is 0. The highest BCUT2D eigenvalue weighted by Gasteiger charge is 2.09. The lowest BCUT2D eigenvalue weighted by molar-refractivity contribution is -0.113. The SMILES string of the molecule is Cc1cc2ncc(NC(=O)CSc3nc4ccccc4s3)cn2n1. The minimum absolute atomic E-state index is 0.0933. The smallest absolute Gasteiger partial charge is 0.234 e. The number of nitrogens with zero attached hydrogens (tertiary/aromatic N) is 4. The molecule has 0 saturated carbocycles. The number of hydrogen-bond donors (Lipinski definition) is 1. The van der Waals surface area contributed by atoms with Crippen LogP contribution in [0.1, 0.15) is 5.69 Å². The van der Waals surface area contributed by atoms with Crippen molar-refractivity contribution in [1.29, 1.82) is 0 Å². The Morgan fingerprint density at radius 2 is 2.25 bits per heavy atom. The number of rotatable bonds is 4. The molecule has 0 aliphatic carbocycles. The Labute approximate surface area is 145 Å². The van der Waals surface area contributed by atoms with E-state index in [4.69, 9.17) is 0 Å². The monoisotopic (exact) mass is 355 g/mol. The van der Waals surface area contributed by atoms with Crippen LogP contribution in [-0.2, 0) is 4.79 Å². The molecule has 0 bridgehead atoms. The van der Waals surface area contributed by atoms with Crippen molar-refractivity contribution >= 4 is 50.6 Å². The third kappa shape index (κ3) is 3.10. The van der Waals surface area contributed by atoms with Gasteiger partial charge in [0.2, 0.25) is 5.91 Å². The number of thioether (sulfide) groups is 1. The van der Waals surface area contributed by atoms with Gasteiger partial charge in [0.05, 0.1) is 39.7 Å². The van der Waals surface area contributed by atoms with Crippen molar-refractivity contribution in [2.45, 2.75) is 11.3 Å². The number of nitrogens with one attached hydrogen (secondary N) is 1. The Morgan fingerprint density at radius 1 is 1.38 bits per heavy atom. The number of benzene rings is 1. The number of thiazole rings is 1. The number of para-hydroxylation sites is 1. The largest absolute Gasteiger partial charge is 0.323 e. The van der Waals surface area contributed by atoms with Crippen molar-refractivity contribution in [3.8, 4) is 0 Å². The first-order chi connectivity index (χ1) is 11.7. The maximum Gasteiger partial charge on any atom is 0.234 e. The zero-order valence-electron chi connectivity index (χ0n) is 12.8. The predicted octanol–water partition coefficient (Wildman–Crippen LogP) is 3.38. The van der Waals surface area contributed by atoms with Crippen LogP contribution < -0.4 is 5.32 Å². The minimum atomic E-state index is -0.0933. The number of aryl methyl sites for hydroxylation is 1. The molecule has 0 aliphatic heterocycles. The molecule has 1 N–H and O–H groups in total. The third-order valence-electron chi connectivity index (χ3n) is 3.32. The molecule has 3 aromatic heterocycles.